The Bertz CT molecular complexity index is 313. The van der Waals surface area contributed by atoms with Gasteiger partial charge in [-0.25, -0.2) is 0 Å². The predicted octanol–water partition coefficient (Wildman–Crippen LogP) is 2.38. The summed E-state index contributed by atoms with van der Waals surface area (Å²) in [5, 5.41) is 3.39. The van der Waals surface area contributed by atoms with Gasteiger partial charge in [0, 0.05) is 31.6 Å². The number of nitrogens with one attached hydrogen (secondary N) is 1. The van der Waals surface area contributed by atoms with Gasteiger partial charge >= 0.3 is 0 Å². The van der Waals surface area contributed by atoms with Crippen molar-refractivity contribution in [2.24, 2.45) is 0 Å². The van der Waals surface area contributed by atoms with Crippen LogP contribution in [-0.4, -0.2) is 42.0 Å². The van der Waals surface area contributed by atoms with E-state index in [1.807, 2.05) is 18.0 Å². The minimum absolute atomic E-state index is 0.920. The Kier molecular flexibility index (Phi) is 8.05. The maximum absolute atomic E-state index is 4.52. The van der Waals surface area contributed by atoms with Crippen molar-refractivity contribution >= 4 is 11.8 Å². The SMILES string of the molecule is CCCNCc1ccc(CN(C)CCSC)nc1. The molecule has 3 nitrogen and oxygen atoms in total. The molecule has 4 heteroatoms. The van der Waals surface area contributed by atoms with E-state index in [0.29, 0.717) is 0 Å². The number of nitrogens with zero attached hydrogens (tertiary/aromatic N) is 2. The fourth-order valence-corrected chi connectivity index (χ4v) is 2.16. The largest absolute Gasteiger partial charge is 0.313 e. The fourth-order valence-electron chi connectivity index (χ4n) is 1.67. The van der Waals surface area contributed by atoms with Gasteiger partial charge in [0.05, 0.1) is 5.69 Å². The summed E-state index contributed by atoms with van der Waals surface area (Å²) < 4.78 is 0. The van der Waals surface area contributed by atoms with Gasteiger partial charge in [0.15, 0.2) is 0 Å². The lowest BCUT2D eigenvalue weighted by atomic mass is 10.2. The van der Waals surface area contributed by atoms with Crippen molar-refractivity contribution in [3.63, 3.8) is 0 Å². The Labute approximate surface area is 115 Å². The first-order valence-corrected chi connectivity index (χ1v) is 7.97. The van der Waals surface area contributed by atoms with Crippen molar-refractivity contribution in [1.29, 1.82) is 0 Å². The average Bonchev–Trinajstić information content (AvgIpc) is 2.39. The van der Waals surface area contributed by atoms with Gasteiger partial charge in [-0.2, -0.15) is 11.8 Å². The number of thioether (sulfide) groups is 1. The minimum Gasteiger partial charge on any atom is -0.313 e. The van der Waals surface area contributed by atoms with Gasteiger partial charge in [-0.3, -0.25) is 9.88 Å². The number of aromatic nitrogens is 1. The quantitative estimate of drug-likeness (QED) is 0.695. The molecule has 0 bridgehead atoms. The summed E-state index contributed by atoms with van der Waals surface area (Å²) in [6, 6.07) is 4.31. The summed E-state index contributed by atoms with van der Waals surface area (Å²) in [7, 11) is 2.15. The van der Waals surface area contributed by atoms with E-state index < -0.39 is 0 Å². The van der Waals surface area contributed by atoms with E-state index in [-0.39, 0.29) is 0 Å². The molecule has 0 aliphatic rings. The Hall–Kier alpha value is -0.580. The van der Waals surface area contributed by atoms with Gasteiger partial charge in [-0.1, -0.05) is 13.0 Å². The highest BCUT2D eigenvalue weighted by molar-refractivity contribution is 7.98. The molecule has 0 fully saturated rings. The monoisotopic (exact) mass is 267 g/mol. The first-order valence-electron chi connectivity index (χ1n) is 6.58. The highest BCUT2D eigenvalue weighted by atomic mass is 32.2. The second-order valence-corrected chi connectivity index (χ2v) is 5.55. The zero-order valence-corrected chi connectivity index (χ0v) is 12.6. The van der Waals surface area contributed by atoms with E-state index in [4.69, 9.17) is 0 Å². The zero-order chi connectivity index (χ0) is 13.2. The van der Waals surface area contributed by atoms with E-state index in [1.165, 1.54) is 17.7 Å². The Morgan fingerprint density at radius 1 is 1.39 bits per heavy atom. The lowest BCUT2D eigenvalue weighted by Crippen LogP contribution is -2.21. The Balaban J connectivity index is 2.35. The van der Waals surface area contributed by atoms with Crippen LogP contribution in [0.3, 0.4) is 0 Å². The average molecular weight is 267 g/mol. The molecule has 1 aromatic heterocycles. The molecule has 0 aliphatic heterocycles. The molecule has 0 aromatic carbocycles. The van der Waals surface area contributed by atoms with Crippen LogP contribution in [0.1, 0.15) is 24.6 Å². The summed E-state index contributed by atoms with van der Waals surface area (Å²) in [5.74, 6) is 1.18. The van der Waals surface area contributed by atoms with Gasteiger partial charge in [0.25, 0.3) is 0 Å². The van der Waals surface area contributed by atoms with E-state index in [2.05, 4.69) is 47.6 Å². The van der Waals surface area contributed by atoms with Gasteiger partial charge in [0.2, 0.25) is 0 Å². The summed E-state index contributed by atoms with van der Waals surface area (Å²) in [5.41, 5.74) is 2.41. The van der Waals surface area contributed by atoms with Crippen molar-refractivity contribution in [1.82, 2.24) is 15.2 Å². The number of hydrogen-bond acceptors (Lipinski definition) is 4. The van der Waals surface area contributed by atoms with Crippen LogP contribution < -0.4 is 5.32 Å². The topological polar surface area (TPSA) is 28.2 Å². The lowest BCUT2D eigenvalue weighted by Gasteiger charge is -2.15. The normalized spacial score (nSPS) is 11.1. The highest BCUT2D eigenvalue weighted by Gasteiger charge is 2.01. The van der Waals surface area contributed by atoms with Crippen LogP contribution in [0.5, 0.6) is 0 Å². The van der Waals surface area contributed by atoms with Crippen molar-refractivity contribution < 1.29 is 0 Å². The van der Waals surface area contributed by atoms with Gasteiger partial charge < -0.3 is 5.32 Å². The molecule has 1 rings (SSSR count). The summed E-state index contributed by atoms with van der Waals surface area (Å²) in [6.07, 6.45) is 5.30. The third-order valence-corrected chi connectivity index (χ3v) is 3.34. The number of pyridine rings is 1. The Morgan fingerprint density at radius 3 is 2.83 bits per heavy atom. The van der Waals surface area contributed by atoms with Crippen LogP contribution in [0.2, 0.25) is 0 Å². The van der Waals surface area contributed by atoms with Crippen LogP contribution in [-0.2, 0) is 13.1 Å². The lowest BCUT2D eigenvalue weighted by molar-refractivity contribution is 0.344. The van der Waals surface area contributed by atoms with E-state index in [9.17, 15) is 0 Å². The van der Waals surface area contributed by atoms with E-state index in [0.717, 1.165) is 31.9 Å². The molecule has 0 aliphatic carbocycles. The third kappa shape index (κ3) is 6.38. The minimum atomic E-state index is 0.920. The van der Waals surface area contributed by atoms with Gasteiger partial charge in [0.1, 0.15) is 0 Å². The zero-order valence-electron chi connectivity index (χ0n) is 11.8. The van der Waals surface area contributed by atoms with Crippen LogP contribution in [0, 0.1) is 0 Å². The molecule has 0 saturated carbocycles. The molecule has 0 saturated heterocycles. The maximum Gasteiger partial charge on any atom is 0.0544 e. The second kappa shape index (κ2) is 9.36. The molecule has 0 unspecified atom stereocenters. The molecule has 18 heavy (non-hydrogen) atoms. The number of hydrogen-bond donors (Lipinski definition) is 1. The summed E-state index contributed by atoms with van der Waals surface area (Å²) in [6.45, 7) is 6.22. The maximum atomic E-state index is 4.52. The second-order valence-electron chi connectivity index (χ2n) is 4.57. The fraction of sp³-hybridized carbons (Fsp3) is 0.643. The molecule has 0 spiro atoms. The molecule has 1 heterocycles. The number of rotatable bonds is 9. The van der Waals surface area contributed by atoms with E-state index in [1.54, 1.807) is 0 Å². The van der Waals surface area contributed by atoms with Crippen molar-refractivity contribution in [2.75, 3.05) is 32.1 Å². The van der Waals surface area contributed by atoms with Crippen LogP contribution >= 0.6 is 11.8 Å². The standard InChI is InChI=1S/C14H25N3S/c1-4-7-15-10-13-5-6-14(16-11-13)12-17(2)8-9-18-3/h5-6,11,15H,4,7-10,12H2,1-3H3. The smallest absolute Gasteiger partial charge is 0.0544 e. The summed E-state index contributed by atoms with van der Waals surface area (Å²) >= 11 is 1.88. The molecule has 1 N–H and O–H groups in total. The van der Waals surface area contributed by atoms with Crippen LogP contribution in [0.25, 0.3) is 0 Å². The van der Waals surface area contributed by atoms with Crippen molar-refractivity contribution in [3.05, 3.63) is 29.6 Å². The summed E-state index contributed by atoms with van der Waals surface area (Å²) in [4.78, 5) is 6.83. The molecule has 102 valence electrons. The Morgan fingerprint density at radius 2 is 2.22 bits per heavy atom. The molecular weight excluding hydrogens is 242 g/mol. The van der Waals surface area contributed by atoms with Crippen molar-refractivity contribution in [3.8, 4) is 0 Å². The first kappa shape index (κ1) is 15.5. The molecular formula is C14H25N3S. The van der Waals surface area contributed by atoms with Crippen LogP contribution in [0.4, 0.5) is 0 Å². The molecule has 1 aromatic rings. The molecule has 0 atom stereocenters. The van der Waals surface area contributed by atoms with Crippen molar-refractivity contribution in [2.45, 2.75) is 26.4 Å². The third-order valence-electron chi connectivity index (χ3n) is 2.75. The predicted molar refractivity (Wildman–Crippen MR) is 81.0 cm³/mol. The highest BCUT2D eigenvalue weighted by Crippen LogP contribution is 2.04. The van der Waals surface area contributed by atoms with Gasteiger partial charge in [-0.05, 0) is 37.9 Å². The van der Waals surface area contributed by atoms with Gasteiger partial charge in [-0.15, -0.1) is 0 Å². The molecule has 0 amide bonds. The molecule has 0 radical (unpaired) electrons. The van der Waals surface area contributed by atoms with Crippen LogP contribution in [0.15, 0.2) is 18.3 Å². The first-order chi connectivity index (χ1) is 8.76. The van der Waals surface area contributed by atoms with E-state index >= 15 is 0 Å².